The normalized spacial score (nSPS) is 14.8. The molecule has 0 bridgehead atoms. The fourth-order valence-electron chi connectivity index (χ4n) is 4.17. The summed E-state index contributed by atoms with van der Waals surface area (Å²) in [6.07, 6.45) is 2.49. The minimum atomic E-state index is 0.0135. The fraction of sp³-hybridized carbons (Fsp3) is 0.481. The number of ether oxygens (including phenoxy) is 1. The molecule has 0 N–H and O–H groups in total. The monoisotopic (exact) mass is 436 g/mol. The van der Waals surface area contributed by atoms with E-state index < -0.39 is 0 Å². The lowest BCUT2D eigenvalue weighted by atomic mass is 9.87. The number of likely N-dealkylation sites (tertiary alicyclic amines) is 1. The predicted molar refractivity (Wildman–Crippen MR) is 128 cm³/mol. The average molecular weight is 437 g/mol. The van der Waals surface area contributed by atoms with Crippen molar-refractivity contribution in [1.29, 1.82) is 0 Å². The molecule has 1 fully saturated rings. The number of hydrogen-bond acceptors (Lipinski definition) is 3. The number of nitrogens with zero attached hydrogens (tertiary/aromatic N) is 2. The Balaban J connectivity index is 1.54. The first kappa shape index (κ1) is 23.8. The number of rotatable bonds is 7. The van der Waals surface area contributed by atoms with Gasteiger partial charge >= 0.3 is 0 Å². The van der Waals surface area contributed by atoms with E-state index in [0.29, 0.717) is 25.4 Å². The summed E-state index contributed by atoms with van der Waals surface area (Å²) in [5.74, 6) is 0.796. The van der Waals surface area contributed by atoms with Crippen LogP contribution in [0.3, 0.4) is 0 Å². The zero-order valence-electron chi connectivity index (χ0n) is 19.8. The van der Waals surface area contributed by atoms with Gasteiger partial charge in [0.15, 0.2) is 6.61 Å². The molecule has 5 heteroatoms. The van der Waals surface area contributed by atoms with Gasteiger partial charge < -0.3 is 14.5 Å². The van der Waals surface area contributed by atoms with Gasteiger partial charge in [0.25, 0.3) is 11.8 Å². The maximum absolute atomic E-state index is 13.0. The molecule has 2 aromatic rings. The van der Waals surface area contributed by atoms with Crippen LogP contribution in [-0.2, 0) is 10.2 Å². The highest BCUT2D eigenvalue weighted by Crippen LogP contribution is 2.24. The molecule has 3 rings (SSSR count). The van der Waals surface area contributed by atoms with Crippen LogP contribution >= 0.6 is 0 Å². The molecule has 32 heavy (non-hydrogen) atoms. The van der Waals surface area contributed by atoms with Crippen molar-refractivity contribution < 1.29 is 14.3 Å². The zero-order valence-corrected chi connectivity index (χ0v) is 19.8. The van der Waals surface area contributed by atoms with Gasteiger partial charge in [-0.15, -0.1) is 0 Å². The molecule has 1 aliphatic heterocycles. The van der Waals surface area contributed by atoms with Crippen molar-refractivity contribution >= 4 is 11.8 Å². The molecule has 0 saturated carbocycles. The van der Waals surface area contributed by atoms with Crippen LogP contribution in [0.4, 0.5) is 0 Å². The Morgan fingerprint density at radius 3 is 2.19 bits per heavy atom. The van der Waals surface area contributed by atoms with Crippen molar-refractivity contribution in [2.24, 2.45) is 0 Å². The largest absolute Gasteiger partial charge is 0.484 e. The summed E-state index contributed by atoms with van der Waals surface area (Å²) < 4.78 is 5.82. The first-order chi connectivity index (χ1) is 15.3. The molecular weight excluding hydrogens is 400 g/mol. The summed E-state index contributed by atoms with van der Waals surface area (Å²) in [5.41, 5.74) is 2.04. The number of carbonyl (C=O) groups is 2. The van der Waals surface area contributed by atoms with E-state index in [2.05, 4.69) is 39.8 Å². The molecule has 1 heterocycles. The van der Waals surface area contributed by atoms with E-state index in [-0.39, 0.29) is 29.9 Å². The SMILES string of the molecule is CCCN(C(=O)COc1ccc(C(C)(C)C)cc1)C1CCN(C(=O)c2ccccc2)CC1. The molecule has 172 valence electrons. The third kappa shape index (κ3) is 6.12. The highest BCUT2D eigenvalue weighted by atomic mass is 16.5. The van der Waals surface area contributed by atoms with Gasteiger partial charge in [-0.25, -0.2) is 0 Å². The summed E-state index contributed by atoms with van der Waals surface area (Å²) in [5, 5.41) is 0. The minimum absolute atomic E-state index is 0.0135. The molecule has 0 spiro atoms. The van der Waals surface area contributed by atoms with E-state index in [9.17, 15) is 9.59 Å². The van der Waals surface area contributed by atoms with E-state index >= 15 is 0 Å². The first-order valence-electron chi connectivity index (χ1n) is 11.7. The summed E-state index contributed by atoms with van der Waals surface area (Å²) >= 11 is 0. The Morgan fingerprint density at radius 1 is 1.00 bits per heavy atom. The molecule has 0 atom stereocenters. The highest BCUT2D eigenvalue weighted by Gasteiger charge is 2.29. The van der Waals surface area contributed by atoms with Gasteiger partial charge in [0, 0.05) is 31.2 Å². The molecule has 0 unspecified atom stereocenters. The smallest absolute Gasteiger partial charge is 0.260 e. The van der Waals surface area contributed by atoms with Gasteiger partial charge in [-0.05, 0) is 54.5 Å². The Kier molecular flexibility index (Phi) is 7.94. The van der Waals surface area contributed by atoms with Crippen LogP contribution in [0.5, 0.6) is 5.75 Å². The molecule has 0 aromatic heterocycles. The Labute approximate surface area is 192 Å². The summed E-state index contributed by atoms with van der Waals surface area (Å²) in [7, 11) is 0. The first-order valence-corrected chi connectivity index (χ1v) is 11.7. The molecule has 1 saturated heterocycles. The Bertz CT molecular complexity index is 879. The van der Waals surface area contributed by atoms with E-state index in [1.807, 2.05) is 52.3 Å². The second-order valence-corrected chi connectivity index (χ2v) is 9.54. The molecule has 5 nitrogen and oxygen atoms in total. The second kappa shape index (κ2) is 10.7. The van der Waals surface area contributed by atoms with Crippen LogP contribution in [0.25, 0.3) is 0 Å². The third-order valence-corrected chi connectivity index (χ3v) is 6.08. The topological polar surface area (TPSA) is 49.9 Å². The van der Waals surface area contributed by atoms with Gasteiger partial charge in [0.2, 0.25) is 0 Å². The van der Waals surface area contributed by atoms with Crippen molar-refractivity contribution in [2.45, 2.75) is 58.4 Å². The molecule has 1 aliphatic rings. The number of carbonyl (C=O) groups excluding carboxylic acids is 2. The van der Waals surface area contributed by atoms with Gasteiger partial charge in [-0.3, -0.25) is 9.59 Å². The predicted octanol–water partition coefficient (Wildman–Crippen LogP) is 4.91. The van der Waals surface area contributed by atoms with E-state index in [1.54, 1.807) is 0 Å². The fourth-order valence-corrected chi connectivity index (χ4v) is 4.17. The van der Waals surface area contributed by atoms with Crippen molar-refractivity contribution in [3.63, 3.8) is 0 Å². The summed E-state index contributed by atoms with van der Waals surface area (Å²) in [4.78, 5) is 29.5. The summed E-state index contributed by atoms with van der Waals surface area (Å²) in [6, 6.07) is 17.5. The Morgan fingerprint density at radius 2 is 1.62 bits per heavy atom. The second-order valence-electron chi connectivity index (χ2n) is 9.54. The lowest BCUT2D eigenvalue weighted by Crippen LogP contribution is -2.50. The van der Waals surface area contributed by atoms with Crippen molar-refractivity contribution in [1.82, 2.24) is 9.80 Å². The average Bonchev–Trinajstić information content (AvgIpc) is 2.81. The van der Waals surface area contributed by atoms with Crippen LogP contribution < -0.4 is 4.74 Å². The van der Waals surface area contributed by atoms with Gasteiger partial charge in [-0.2, -0.15) is 0 Å². The van der Waals surface area contributed by atoms with Crippen LogP contribution in [-0.4, -0.2) is 53.9 Å². The Hall–Kier alpha value is -2.82. The molecule has 0 radical (unpaired) electrons. The summed E-state index contributed by atoms with van der Waals surface area (Å²) in [6.45, 7) is 10.7. The number of benzene rings is 2. The zero-order chi connectivity index (χ0) is 23.1. The van der Waals surface area contributed by atoms with E-state index in [0.717, 1.165) is 24.8 Å². The number of hydrogen-bond donors (Lipinski definition) is 0. The van der Waals surface area contributed by atoms with Crippen molar-refractivity contribution in [3.05, 3.63) is 65.7 Å². The van der Waals surface area contributed by atoms with Crippen molar-refractivity contribution in [2.75, 3.05) is 26.2 Å². The van der Waals surface area contributed by atoms with E-state index in [1.165, 1.54) is 5.56 Å². The maximum Gasteiger partial charge on any atom is 0.260 e. The lowest BCUT2D eigenvalue weighted by molar-refractivity contribution is -0.136. The van der Waals surface area contributed by atoms with Crippen molar-refractivity contribution in [3.8, 4) is 5.75 Å². The molecule has 2 amide bonds. The lowest BCUT2D eigenvalue weighted by Gasteiger charge is -2.38. The van der Waals surface area contributed by atoms with Crippen LogP contribution in [0.1, 0.15) is 62.9 Å². The number of piperidine rings is 1. The van der Waals surface area contributed by atoms with Gasteiger partial charge in [0.05, 0.1) is 0 Å². The molecular formula is C27H36N2O3. The maximum atomic E-state index is 13.0. The number of amides is 2. The third-order valence-electron chi connectivity index (χ3n) is 6.08. The minimum Gasteiger partial charge on any atom is -0.484 e. The van der Waals surface area contributed by atoms with Crippen LogP contribution in [0.2, 0.25) is 0 Å². The molecule has 0 aliphatic carbocycles. The standard InChI is InChI=1S/C27H36N2O3/c1-5-17-29(25(30)20-32-24-13-11-22(12-14-24)27(2,3)4)23-15-18-28(19-16-23)26(31)21-9-7-6-8-10-21/h6-14,23H,5,15-20H2,1-4H3. The highest BCUT2D eigenvalue weighted by molar-refractivity contribution is 5.94. The quantitative estimate of drug-likeness (QED) is 0.620. The van der Waals surface area contributed by atoms with Gasteiger partial charge in [-0.1, -0.05) is 58.0 Å². The van der Waals surface area contributed by atoms with E-state index in [4.69, 9.17) is 4.74 Å². The van der Waals surface area contributed by atoms with Gasteiger partial charge in [0.1, 0.15) is 5.75 Å². The van der Waals surface area contributed by atoms with Crippen LogP contribution in [0, 0.1) is 0 Å². The molecule has 2 aromatic carbocycles. The van der Waals surface area contributed by atoms with Crippen LogP contribution in [0.15, 0.2) is 54.6 Å².